The fraction of sp³-hybridized carbons (Fsp3) is 0.875. The molecule has 0 aromatic carbocycles. The summed E-state index contributed by atoms with van der Waals surface area (Å²) in [5.41, 5.74) is 0. The zero-order valence-electron chi connectivity index (χ0n) is 8.27. The minimum Gasteiger partial charge on any atom is -0.299 e. The van der Waals surface area contributed by atoms with Crippen LogP contribution in [0.3, 0.4) is 0 Å². The summed E-state index contributed by atoms with van der Waals surface area (Å²) in [6, 6.07) is 0. The summed E-state index contributed by atoms with van der Waals surface area (Å²) in [5, 5.41) is 4.95. The van der Waals surface area contributed by atoms with Crippen LogP contribution < -0.4 is 5.14 Å². The molecule has 0 aromatic heterocycles. The van der Waals surface area contributed by atoms with Crippen molar-refractivity contribution in [3.63, 3.8) is 0 Å². The molecule has 2 N–H and O–H groups in total. The third-order valence-electron chi connectivity index (χ3n) is 2.28. The topological polar surface area (TPSA) is 80.5 Å². The molecule has 82 valence electrons. The third kappa shape index (κ3) is 4.17. The van der Waals surface area contributed by atoms with Crippen LogP contribution in [0.15, 0.2) is 0 Å². The van der Waals surface area contributed by atoms with Crippen LogP contribution >= 0.6 is 0 Å². The minimum atomic E-state index is -3.37. The molecule has 1 fully saturated rings. The summed E-state index contributed by atoms with van der Waals surface area (Å²) < 4.78 is 21.6. The molecular formula is C8H16N2O3S. The van der Waals surface area contributed by atoms with Crippen LogP contribution in [0.4, 0.5) is 0 Å². The summed E-state index contributed by atoms with van der Waals surface area (Å²) in [5.74, 6) is 0.229. The summed E-state index contributed by atoms with van der Waals surface area (Å²) in [4.78, 5) is 12.8. The average molecular weight is 220 g/mol. The van der Waals surface area contributed by atoms with Crippen molar-refractivity contribution >= 4 is 15.8 Å². The van der Waals surface area contributed by atoms with Gasteiger partial charge in [-0.15, -0.1) is 0 Å². The van der Waals surface area contributed by atoms with Crippen molar-refractivity contribution in [1.29, 1.82) is 0 Å². The maximum Gasteiger partial charge on any atom is 0.209 e. The first-order valence-electron chi connectivity index (χ1n) is 4.59. The quantitative estimate of drug-likeness (QED) is 0.671. The van der Waals surface area contributed by atoms with Crippen molar-refractivity contribution < 1.29 is 13.2 Å². The van der Waals surface area contributed by atoms with Crippen LogP contribution in [-0.2, 0) is 14.8 Å². The van der Waals surface area contributed by atoms with E-state index in [4.69, 9.17) is 5.14 Å². The van der Waals surface area contributed by atoms with E-state index < -0.39 is 10.0 Å². The highest BCUT2D eigenvalue weighted by Gasteiger charge is 2.25. The summed E-state index contributed by atoms with van der Waals surface area (Å²) in [6.45, 7) is 3.41. The first kappa shape index (κ1) is 11.6. The molecule has 0 amide bonds. The second kappa shape index (κ2) is 4.37. The van der Waals surface area contributed by atoms with Crippen LogP contribution in [0.2, 0.25) is 0 Å². The Morgan fingerprint density at radius 2 is 2.21 bits per heavy atom. The van der Waals surface area contributed by atoms with Gasteiger partial charge in [-0.2, -0.15) is 0 Å². The number of hydrogen-bond acceptors (Lipinski definition) is 4. The molecule has 1 aliphatic rings. The molecule has 0 aromatic rings. The smallest absolute Gasteiger partial charge is 0.209 e. The molecule has 1 rings (SSSR count). The molecule has 1 unspecified atom stereocenters. The predicted molar refractivity (Wildman–Crippen MR) is 53.2 cm³/mol. The molecule has 0 aliphatic carbocycles. The minimum absolute atomic E-state index is 0.0292. The van der Waals surface area contributed by atoms with Crippen LogP contribution in [0.25, 0.3) is 0 Å². The lowest BCUT2D eigenvalue weighted by atomic mass is 10.2. The Morgan fingerprint density at radius 3 is 2.71 bits per heavy atom. The first-order valence-corrected chi connectivity index (χ1v) is 6.30. The van der Waals surface area contributed by atoms with Gasteiger partial charge in [-0.05, 0) is 25.8 Å². The Balaban J connectivity index is 2.38. The van der Waals surface area contributed by atoms with Gasteiger partial charge >= 0.3 is 0 Å². The Labute approximate surface area is 84.3 Å². The molecule has 5 nitrogen and oxygen atoms in total. The second-order valence-corrected chi connectivity index (χ2v) is 5.58. The summed E-state index contributed by atoms with van der Waals surface area (Å²) >= 11 is 0. The van der Waals surface area contributed by atoms with E-state index in [1.807, 2.05) is 4.90 Å². The standard InChI is InChI=1S/C8H16N2O3S/c1-7(11)4-10-3-2-8(5-10)6-14(9,12)13/h8H,2-6H2,1H3,(H2,9,12,13). The highest BCUT2D eigenvalue weighted by Crippen LogP contribution is 2.16. The van der Waals surface area contributed by atoms with E-state index in [0.29, 0.717) is 13.1 Å². The first-order chi connectivity index (χ1) is 6.37. The van der Waals surface area contributed by atoms with Gasteiger partial charge in [0.1, 0.15) is 5.78 Å². The monoisotopic (exact) mass is 220 g/mol. The largest absolute Gasteiger partial charge is 0.299 e. The van der Waals surface area contributed by atoms with Gasteiger partial charge in [0.05, 0.1) is 12.3 Å². The lowest BCUT2D eigenvalue weighted by molar-refractivity contribution is -0.117. The average Bonchev–Trinajstić information content (AvgIpc) is 2.30. The molecule has 14 heavy (non-hydrogen) atoms. The van der Waals surface area contributed by atoms with Crippen LogP contribution in [0, 0.1) is 5.92 Å². The number of carbonyl (C=O) groups is 1. The van der Waals surface area contributed by atoms with E-state index >= 15 is 0 Å². The number of likely N-dealkylation sites (tertiary alicyclic amines) is 1. The zero-order valence-corrected chi connectivity index (χ0v) is 9.09. The maximum atomic E-state index is 10.8. The number of nitrogens with zero attached hydrogens (tertiary/aromatic N) is 1. The van der Waals surface area contributed by atoms with E-state index in [0.717, 1.165) is 13.0 Å². The third-order valence-corrected chi connectivity index (χ3v) is 3.22. The highest BCUT2D eigenvalue weighted by molar-refractivity contribution is 7.89. The van der Waals surface area contributed by atoms with Crippen molar-refractivity contribution in [2.75, 3.05) is 25.4 Å². The van der Waals surface area contributed by atoms with E-state index in [-0.39, 0.29) is 17.5 Å². The second-order valence-electron chi connectivity index (χ2n) is 3.92. The number of ketones is 1. The van der Waals surface area contributed by atoms with Gasteiger partial charge in [0.2, 0.25) is 10.0 Å². The maximum absolute atomic E-state index is 10.8. The van der Waals surface area contributed by atoms with Crippen molar-refractivity contribution in [3.8, 4) is 0 Å². The van der Waals surface area contributed by atoms with Gasteiger partial charge < -0.3 is 0 Å². The van der Waals surface area contributed by atoms with E-state index in [1.165, 1.54) is 6.92 Å². The molecule has 0 bridgehead atoms. The summed E-state index contributed by atoms with van der Waals surface area (Å²) in [6.07, 6.45) is 0.809. The van der Waals surface area contributed by atoms with E-state index in [9.17, 15) is 13.2 Å². The highest BCUT2D eigenvalue weighted by atomic mass is 32.2. The van der Waals surface area contributed by atoms with Crippen molar-refractivity contribution in [1.82, 2.24) is 4.90 Å². The molecular weight excluding hydrogens is 204 g/mol. The van der Waals surface area contributed by atoms with Crippen LogP contribution in [-0.4, -0.2) is 44.5 Å². The predicted octanol–water partition coefficient (Wildman–Crippen LogP) is -0.814. The Kier molecular flexibility index (Phi) is 3.63. The number of Topliss-reactive ketones (excluding diaryl/α,β-unsaturated/α-hetero) is 1. The number of hydrogen-bond donors (Lipinski definition) is 1. The van der Waals surface area contributed by atoms with Crippen molar-refractivity contribution in [2.45, 2.75) is 13.3 Å². The van der Waals surface area contributed by atoms with Gasteiger partial charge in [0.25, 0.3) is 0 Å². The molecule has 1 heterocycles. The zero-order chi connectivity index (χ0) is 10.8. The number of rotatable bonds is 4. The number of nitrogens with two attached hydrogens (primary N) is 1. The Hall–Kier alpha value is -0.460. The van der Waals surface area contributed by atoms with Gasteiger partial charge in [-0.3, -0.25) is 9.69 Å². The normalized spacial score (nSPS) is 24.0. The molecule has 1 aliphatic heterocycles. The van der Waals surface area contributed by atoms with E-state index in [2.05, 4.69) is 0 Å². The van der Waals surface area contributed by atoms with Gasteiger partial charge in [-0.25, -0.2) is 13.6 Å². The molecule has 6 heteroatoms. The number of primary sulfonamides is 1. The molecule has 0 saturated carbocycles. The van der Waals surface area contributed by atoms with Crippen LogP contribution in [0.1, 0.15) is 13.3 Å². The Morgan fingerprint density at radius 1 is 1.57 bits per heavy atom. The molecule has 0 radical (unpaired) electrons. The fourth-order valence-corrected chi connectivity index (χ4v) is 2.77. The Bertz CT molecular complexity index is 313. The lowest BCUT2D eigenvalue weighted by Crippen LogP contribution is -2.29. The van der Waals surface area contributed by atoms with Crippen molar-refractivity contribution in [2.24, 2.45) is 11.1 Å². The van der Waals surface area contributed by atoms with Crippen LogP contribution in [0.5, 0.6) is 0 Å². The molecule has 0 spiro atoms. The lowest BCUT2D eigenvalue weighted by Gasteiger charge is -2.13. The number of sulfonamides is 1. The van der Waals surface area contributed by atoms with Gasteiger partial charge in [0, 0.05) is 6.54 Å². The van der Waals surface area contributed by atoms with Gasteiger partial charge in [0.15, 0.2) is 0 Å². The SMILES string of the molecule is CC(=O)CN1CCC(CS(N)(=O)=O)C1. The molecule has 1 saturated heterocycles. The molecule has 1 atom stereocenters. The fourth-order valence-electron chi connectivity index (χ4n) is 1.84. The van der Waals surface area contributed by atoms with Crippen molar-refractivity contribution in [3.05, 3.63) is 0 Å². The summed E-state index contributed by atoms with van der Waals surface area (Å²) in [7, 11) is -3.37. The number of carbonyl (C=O) groups excluding carboxylic acids is 1. The van der Waals surface area contributed by atoms with Gasteiger partial charge in [-0.1, -0.05) is 0 Å². The van der Waals surface area contributed by atoms with E-state index in [1.54, 1.807) is 0 Å².